The number of benzene rings is 2. The standard InChI is InChI=1S/C20H21NO2/c1-4-23-13-18-16-11-7-8-12-17(16)20(22)21(3)19(18)15-10-6-5-9-14(15)2/h5-12H,4,13H2,1-3H3. The van der Waals surface area contributed by atoms with E-state index in [9.17, 15) is 4.79 Å². The fourth-order valence-electron chi connectivity index (χ4n) is 3.08. The Morgan fingerprint density at radius 3 is 2.35 bits per heavy atom. The molecule has 3 nitrogen and oxygen atoms in total. The van der Waals surface area contributed by atoms with E-state index in [-0.39, 0.29) is 5.56 Å². The van der Waals surface area contributed by atoms with Crippen LogP contribution in [0.3, 0.4) is 0 Å². The van der Waals surface area contributed by atoms with Crippen LogP contribution in [0.25, 0.3) is 22.0 Å². The van der Waals surface area contributed by atoms with Gasteiger partial charge in [0.15, 0.2) is 0 Å². The second-order valence-electron chi connectivity index (χ2n) is 5.69. The maximum Gasteiger partial charge on any atom is 0.258 e. The Bertz CT molecular complexity index is 909. The molecule has 0 aliphatic heterocycles. The second kappa shape index (κ2) is 6.39. The Balaban J connectivity index is 2.42. The van der Waals surface area contributed by atoms with Gasteiger partial charge < -0.3 is 9.30 Å². The first kappa shape index (κ1) is 15.5. The van der Waals surface area contributed by atoms with Gasteiger partial charge in [0.25, 0.3) is 5.56 Å². The Labute approximate surface area is 136 Å². The minimum absolute atomic E-state index is 0.0269. The molecular formula is C20H21NO2. The van der Waals surface area contributed by atoms with Crippen molar-refractivity contribution in [1.82, 2.24) is 4.57 Å². The molecule has 0 spiro atoms. The van der Waals surface area contributed by atoms with Crippen LogP contribution in [0.15, 0.2) is 53.3 Å². The van der Waals surface area contributed by atoms with Gasteiger partial charge in [-0.2, -0.15) is 0 Å². The van der Waals surface area contributed by atoms with Crippen LogP contribution >= 0.6 is 0 Å². The Morgan fingerprint density at radius 1 is 1.00 bits per heavy atom. The zero-order valence-corrected chi connectivity index (χ0v) is 13.8. The van der Waals surface area contributed by atoms with E-state index < -0.39 is 0 Å². The molecule has 3 heteroatoms. The molecule has 0 fully saturated rings. The van der Waals surface area contributed by atoms with Crippen molar-refractivity contribution in [2.75, 3.05) is 6.61 Å². The fraction of sp³-hybridized carbons (Fsp3) is 0.250. The number of ether oxygens (including phenoxy) is 1. The summed E-state index contributed by atoms with van der Waals surface area (Å²) in [6.45, 7) is 5.19. The maximum absolute atomic E-state index is 12.8. The summed E-state index contributed by atoms with van der Waals surface area (Å²) in [6.07, 6.45) is 0. The number of pyridine rings is 1. The average molecular weight is 307 g/mol. The van der Waals surface area contributed by atoms with Gasteiger partial charge in [0.05, 0.1) is 12.3 Å². The van der Waals surface area contributed by atoms with E-state index in [0.29, 0.717) is 13.2 Å². The molecule has 0 saturated heterocycles. The van der Waals surface area contributed by atoms with Crippen LogP contribution in [0.1, 0.15) is 18.1 Å². The van der Waals surface area contributed by atoms with Gasteiger partial charge in [-0.1, -0.05) is 42.5 Å². The van der Waals surface area contributed by atoms with Gasteiger partial charge in [0.1, 0.15) is 0 Å². The van der Waals surface area contributed by atoms with Gasteiger partial charge in [-0.3, -0.25) is 4.79 Å². The van der Waals surface area contributed by atoms with Crippen LogP contribution in [0.2, 0.25) is 0 Å². The first-order chi connectivity index (χ1) is 11.1. The normalized spacial score (nSPS) is 11.1. The van der Waals surface area contributed by atoms with Crippen molar-refractivity contribution in [1.29, 1.82) is 0 Å². The van der Waals surface area contributed by atoms with Crippen molar-refractivity contribution < 1.29 is 4.74 Å². The zero-order valence-electron chi connectivity index (χ0n) is 13.8. The third-order valence-electron chi connectivity index (χ3n) is 4.26. The van der Waals surface area contributed by atoms with Crippen molar-refractivity contribution in [2.24, 2.45) is 7.05 Å². The van der Waals surface area contributed by atoms with Gasteiger partial charge >= 0.3 is 0 Å². The second-order valence-corrected chi connectivity index (χ2v) is 5.69. The summed E-state index contributed by atoms with van der Waals surface area (Å²) >= 11 is 0. The molecular weight excluding hydrogens is 286 g/mol. The molecule has 2 aromatic carbocycles. The number of fused-ring (bicyclic) bond motifs is 1. The van der Waals surface area contributed by atoms with Gasteiger partial charge in [0.2, 0.25) is 0 Å². The highest BCUT2D eigenvalue weighted by atomic mass is 16.5. The summed E-state index contributed by atoms with van der Waals surface area (Å²) in [4.78, 5) is 12.8. The summed E-state index contributed by atoms with van der Waals surface area (Å²) in [5.74, 6) is 0. The Hall–Kier alpha value is -2.39. The lowest BCUT2D eigenvalue weighted by Gasteiger charge is -2.18. The molecule has 1 heterocycles. The quantitative estimate of drug-likeness (QED) is 0.728. The summed E-state index contributed by atoms with van der Waals surface area (Å²) < 4.78 is 7.46. The van der Waals surface area contributed by atoms with E-state index in [0.717, 1.165) is 33.2 Å². The molecule has 0 unspecified atom stereocenters. The van der Waals surface area contributed by atoms with E-state index in [1.807, 2.05) is 50.4 Å². The average Bonchev–Trinajstić information content (AvgIpc) is 2.58. The molecule has 0 atom stereocenters. The van der Waals surface area contributed by atoms with Gasteiger partial charge in [-0.05, 0) is 30.9 Å². The first-order valence-corrected chi connectivity index (χ1v) is 7.89. The highest BCUT2D eigenvalue weighted by Crippen LogP contribution is 2.30. The number of hydrogen-bond acceptors (Lipinski definition) is 2. The fourth-order valence-corrected chi connectivity index (χ4v) is 3.08. The van der Waals surface area contributed by atoms with E-state index in [1.54, 1.807) is 4.57 Å². The minimum atomic E-state index is 0.0269. The van der Waals surface area contributed by atoms with Crippen molar-refractivity contribution in [3.05, 3.63) is 70.0 Å². The molecule has 0 bridgehead atoms. The molecule has 0 aliphatic rings. The van der Waals surface area contributed by atoms with Crippen LogP contribution in [0.5, 0.6) is 0 Å². The van der Waals surface area contributed by atoms with Crippen LogP contribution in [0.4, 0.5) is 0 Å². The zero-order chi connectivity index (χ0) is 16.4. The molecule has 3 rings (SSSR count). The molecule has 1 aromatic heterocycles. The largest absolute Gasteiger partial charge is 0.377 e. The third kappa shape index (κ3) is 2.68. The summed E-state index contributed by atoms with van der Waals surface area (Å²) in [7, 11) is 1.84. The highest BCUT2D eigenvalue weighted by molar-refractivity contribution is 5.90. The van der Waals surface area contributed by atoms with Crippen molar-refractivity contribution >= 4 is 10.8 Å². The van der Waals surface area contributed by atoms with Crippen LogP contribution in [0, 0.1) is 6.92 Å². The smallest absolute Gasteiger partial charge is 0.258 e. The number of rotatable bonds is 4. The molecule has 0 radical (unpaired) electrons. The molecule has 23 heavy (non-hydrogen) atoms. The first-order valence-electron chi connectivity index (χ1n) is 7.89. The number of aryl methyl sites for hydroxylation is 1. The predicted molar refractivity (Wildman–Crippen MR) is 94.7 cm³/mol. The Kier molecular flexibility index (Phi) is 4.30. The third-order valence-corrected chi connectivity index (χ3v) is 4.26. The summed E-state index contributed by atoms with van der Waals surface area (Å²) in [6, 6.07) is 15.9. The van der Waals surface area contributed by atoms with Crippen LogP contribution in [-0.2, 0) is 18.4 Å². The molecule has 118 valence electrons. The van der Waals surface area contributed by atoms with Crippen molar-refractivity contribution in [3.63, 3.8) is 0 Å². The van der Waals surface area contributed by atoms with Crippen molar-refractivity contribution in [2.45, 2.75) is 20.5 Å². The lowest BCUT2D eigenvalue weighted by atomic mass is 9.97. The monoisotopic (exact) mass is 307 g/mol. The molecule has 0 aliphatic carbocycles. The van der Waals surface area contributed by atoms with Gasteiger partial charge in [-0.25, -0.2) is 0 Å². The lowest BCUT2D eigenvalue weighted by molar-refractivity contribution is 0.135. The molecule has 0 N–H and O–H groups in total. The van der Waals surface area contributed by atoms with Crippen molar-refractivity contribution in [3.8, 4) is 11.3 Å². The van der Waals surface area contributed by atoms with Gasteiger partial charge in [-0.15, -0.1) is 0 Å². The highest BCUT2D eigenvalue weighted by Gasteiger charge is 2.17. The maximum atomic E-state index is 12.8. The van der Waals surface area contributed by atoms with Crippen LogP contribution in [-0.4, -0.2) is 11.2 Å². The lowest BCUT2D eigenvalue weighted by Crippen LogP contribution is -2.21. The minimum Gasteiger partial charge on any atom is -0.377 e. The Morgan fingerprint density at radius 2 is 1.65 bits per heavy atom. The van der Waals surface area contributed by atoms with E-state index in [1.165, 1.54) is 0 Å². The number of hydrogen-bond donors (Lipinski definition) is 0. The van der Waals surface area contributed by atoms with Crippen LogP contribution < -0.4 is 5.56 Å². The number of aromatic nitrogens is 1. The summed E-state index contributed by atoms with van der Waals surface area (Å²) in [5, 5.41) is 1.71. The molecule has 0 saturated carbocycles. The van der Waals surface area contributed by atoms with E-state index in [4.69, 9.17) is 4.74 Å². The van der Waals surface area contributed by atoms with E-state index in [2.05, 4.69) is 19.1 Å². The SMILES string of the molecule is CCOCc1c(-c2ccccc2C)n(C)c(=O)c2ccccc12. The summed E-state index contributed by atoms with van der Waals surface area (Å²) in [5.41, 5.74) is 4.27. The van der Waals surface area contributed by atoms with E-state index >= 15 is 0 Å². The predicted octanol–water partition coefficient (Wildman–Crippen LogP) is 4.05. The topological polar surface area (TPSA) is 31.2 Å². The molecule has 3 aromatic rings. The van der Waals surface area contributed by atoms with Gasteiger partial charge in [0, 0.05) is 30.2 Å². The molecule has 0 amide bonds. The number of nitrogens with zero attached hydrogens (tertiary/aromatic N) is 1.